The van der Waals surface area contributed by atoms with Crippen molar-refractivity contribution in [3.8, 4) is 5.75 Å². The molecule has 0 atom stereocenters. The van der Waals surface area contributed by atoms with Gasteiger partial charge in [0.2, 0.25) is 0 Å². The molecule has 6 heteroatoms. The Morgan fingerprint density at radius 1 is 1.00 bits per heavy atom. The van der Waals surface area contributed by atoms with Crippen LogP contribution < -0.4 is 5.32 Å². The quantitative estimate of drug-likeness (QED) is 0.647. The van der Waals surface area contributed by atoms with E-state index in [1.807, 2.05) is 6.07 Å². The summed E-state index contributed by atoms with van der Waals surface area (Å²) in [5.41, 5.74) is 1.40. The first-order valence-electron chi connectivity index (χ1n) is 5.33. The molecule has 0 spiro atoms. The Morgan fingerprint density at radius 2 is 1.63 bits per heavy atom. The molecule has 2 rings (SSSR count). The van der Waals surface area contributed by atoms with Gasteiger partial charge in [-0.3, -0.25) is 0 Å². The predicted octanol–water partition coefficient (Wildman–Crippen LogP) is 5.84. The number of rotatable bonds is 3. The van der Waals surface area contributed by atoms with Gasteiger partial charge in [-0.2, -0.15) is 0 Å². The minimum atomic E-state index is 0.222. The third-order valence-corrected chi connectivity index (χ3v) is 4.05. The summed E-state index contributed by atoms with van der Waals surface area (Å²) < 4.78 is 1.72. The zero-order valence-corrected chi connectivity index (χ0v) is 14.2. The van der Waals surface area contributed by atoms with Gasteiger partial charge in [0.15, 0.2) is 0 Å². The van der Waals surface area contributed by atoms with E-state index in [0.717, 1.165) is 14.5 Å². The molecule has 0 bridgehead atoms. The molecule has 0 aliphatic rings. The normalized spacial score (nSPS) is 10.5. The standard InChI is InChI=1S/C13H9Br2Cl2NO/c14-8-1-2-12(19)7(3-8)6-18-13-10(16)4-9(15)5-11(13)17/h1-5,18-19H,6H2. The van der Waals surface area contributed by atoms with E-state index in [2.05, 4.69) is 37.2 Å². The van der Waals surface area contributed by atoms with Crippen LogP contribution >= 0.6 is 55.1 Å². The van der Waals surface area contributed by atoms with E-state index in [-0.39, 0.29) is 5.75 Å². The highest BCUT2D eigenvalue weighted by molar-refractivity contribution is 9.10. The Kier molecular flexibility index (Phi) is 5.01. The molecule has 0 heterocycles. The SMILES string of the molecule is Oc1ccc(Br)cc1CNc1c(Cl)cc(Br)cc1Cl. The fraction of sp³-hybridized carbons (Fsp3) is 0.0769. The van der Waals surface area contributed by atoms with Crippen molar-refractivity contribution in [2.45, 2.75) is 6.54 Å². The monoisotopic (exact) mass is 423 g/mol. The van der Waals surface area contributed by atoms with Gasteiger partial charge < -0.3 is 10.4 Å². The summed E-state index contributed by atoms with van der Waals surface area (Å²) in [5, 5.41) is 13.9. The second kappa shape index (κ2) is 6.35. The van der Waals surface area contributed by atoms with Crippen molar-refractivity contribution in [3.05, 3.63) is 54.9 Å². The van der Waals surface area contributed by atoms with Gasteiger partial charge in [0.25, 0.3) is 0 Å². The maximum absolute atomic E-state index is 9.76. The number of hydrogen-bond acceptors (Lipinski definition) is 2. The molecule has 19 heavy (non-hydrogen) atoms. The van der Waals surface area contributed by atoms with E-state index in [4.69, 9.17) is 23.2 Å². The van der Waals surface area contributed by atoms with Crippen molar-refractivity contribution in [2.24, 2.45) is 0 Å². The number of halogens is 4. The average Bonchev–Trinajstić information content (AvgIpc) is 2.32. The van der Waals surface area contributed by atoms with Crippen LogP contribution in [0, 0.1) is 0 Å². The second-order valence-electron chi connectivity index (χ2n) is 3.87. The van der Waals surface area contributed by atoms with Gasteiger partial charge in [-0.25, -0.2) is 0 Å². The van der Waals surface area contributed by atoms with Gasteiger partial charge in [-0.05, 0) is 30.3 Å². The number of hydrogen-bond donors (Lipinski definition) is 2. The van der Waals surface area contributed by atoms with Crippen LogP contribution in [0.2, 0.25) is 10.0 Å². The van der Waals surface area contributed by atoms with Gasteiger partial charge in [-0.15, -0.1) is 0 Å². The maximum atomic E-state index is 9.76. The minimum Gasteiger partial charge on any atom is -0.508 e. The fourth-order valence-corrected chi connectivity index (χ4v) is 3.34. The number of benzene rings is 2. The topological polar surface area (TPSA) is 32.3 Å². The number of phenols is 1. The van der Waals surface area contributed by atoms with E-state index in [1.54, 1.807) is 24.3 Å². The zero-order valence-electron chi connectivity index (χ0n) is 9.55. The zero-order chi connectivity index (χ0) is 14.0. The Hall–Kier alpha value is -0.420. The first kappa shape index (κ1) is 15.0. The third-order valence-electron chi connectivity index (χ3n) is 2.50. The summed E-state index contributed by atoms with van der Waals surface area (Å²) in [4.78, 5) is 0. The highest BCUT2D eigenvalue weighted by Crippen LogP contribution is 2.34. The Balaban J connectivity index is 2.21. The molecule has 0 fully saturated rings. The van der Waals surface area contributed by atoms with E-state index in [1.165, 1.54) is 0 Å². The summed E-state index contributed by atoms with van der Waals surface area (Å²) in [6, 6.07) is 8.76. The molecule has 0 saturated carbocycles. The van der Waals surface area contributed by atoms with Crippen LogP contribution in [0.3, 0.4) is 0 Å². The summed E-state index contributed by atoms with van der Waals surface area (Å²) in [6.07, 6.45) is 0. The second-order valence-corrected chi connectivity index (χ2v) is 6.52. The molecule has 0 unspecified atom stereocenters. The molecular formula is C13H9Br2Cl2NO. The van der Waals surface area contributed by atoms with Crippen LogP contribution in [-0.2, 0) is 6.54 Å². The third kappa shape index (κ3) is 3.78. The predicted molar refractivity (Wildman–Crippen MR) is 87.3 cm³/mol. The van der Waals surface area contributed by atoms with Crippen molar-refractivity contribution in [2.75, 3.05) is 5.32 Å². The molecule has 0 aliphatic carbocycles. The van der Waals surface area contributed by atoms with E-state index in [0.29, 0.717) is 22.3 Å². The Bertz CT molecular complexity index is 597. The lowest BCUT2D eigenvalue weighted by Crippen LogP contribution is -2.01. The summed E-state index contributed by atoms with van der Waals surface area (Å²) in [5.74, 6) is 0.222. The smallest absolute Gasteiger partial charge is 0.120 e. The summed E-state index contributed by atoms with van der Waals surface area (Å²) in [6.45, 7) is 0.423. The first-order valence-corrected chi connectivity index (χ1v) is 7.67. The number of anilines is 1. The van der Waals surface area contributed by atoms with Crippen LogP contribution in [0.5, 0.6) is 5.75 Å². The van der Waals surface area contributed by atoms with Crippen LogP contribution in [-0.4, -0.2) is 5.11 Å². The van der Waals surface area contributed by atoms with E-state index < -0.39 is 0 Å². The largest absolute Gasteiger partial charge is 0.508 e. The molecule has 0 aliphatic heterocycles. The molecule has 0 aromatic heterocycles. The highest BCUT2D eigenvalue weighted by Gasteiger charge is 2.08. The van der Waals surface area contributed by atoms with E-state index >= 15 is 0 Å². The fourth-order valence-electron chi connectivity index (χ4n) is 1.59. The summed E-state index contributed by atoms with van der Waals surface area (Å²) >= 11 is 18.9. The number of nitrogens with one attached hydrogen (secondary N) is 1. The van der Waals surface area contributed by atoms with Crippen molar-refractivity contribution in [1.82, 2.24) is 0 Å². The molecule has 0 radical (unpaired) electrons. The first-order chi connectivity index (χ1) is 8.97. The summed E-state index contributed by atoms with van der Waals surface area (Å²) in [7, 11) is 0. The lowest BCUT2D eigenvalue weighted by molar-refractivity contribution is 0.469. The van der Waals surface area contributed by atoms with Gasteiger partial charge in [0.05, 0.1) is 15.7 Å². The number of aromatic hydroxyl groups is 1. The van der Waals surface area contributed by atoms with Gasteiger partial charge in [-0.1, -0.05) is 55.1 Å². The highest BCUT2D eigenvalue weighted by atomic mass is 79.9. The van der Waals surface area contributed by atoms with Gasteiger partial charge in [0, 0.05) is 21.1 Å². The van der Waals surface area contributed by atoms with E-state index in [9.17, 15) is 5.11 Å². The maximum Gasteiger partial charge on any atom is 0.120 e. The van der Waals surface area contributed by atoms with Crippen molar-refractivity contribution < 1.29 is 5.11 Å². The average molecular weight is 426 g/mol. The molecule has 0 saturated heterocycles. The Labute approximate surface area is 138 Å². The van der Waals surface area contributed by atoms with Gasteiger partial charge in [0.1, 0.15) is 5.75 Å². The molecule has 0 amide bonds. The van der Waals surface area contributed by atoms with Gasteiger partial charge >= 0.3 is 0 Å². The Morgan fingerprint density at radius 3 is 2.26 bits per heavy atom. The number of phenolic OH excluding ortho intramolecular Hbond substituents is 1. The molecule has 2 N–H and O–H groups in total. The van der Waals surface area contributed by atoms with Crippen LogP contribution in [0.25, 0.3) is 0 Å². The molecule has 2 nitrogen and oxygen atoms in total. The van der Waals surface area contributed by atoms with Crippen LogP contribution in [0.15, 0.2) is 39.3 Å². The molecular weight excluding hydrogens is 417 g/mol. The van der Waals surface area contributed by atoms with Crippen molar-refractivity contribution >= 4 is 60.7 Å². The lowest BCUT2D eigenvalue weighted by atomic mass is 10.2. The van der Waals surface area contributed by atoms with Crippen LogP contribution in [0.4, 0.5) is 5.69 Å². The minimum absolute atomic E-state index is 0.222. The van der Waals surface area contributed by atoms with Crippen molar-refractivity contribution in [1.29, 1.82) is 0 Å². The molecule has 2 aromatic carbocycles. The van der Waals surface area contributed by atoms with Crippen LogP contribution in [0.1, 0.15) is 5.56 Å². The van der Waals surface area contributed by atoms with Crippen molar-refractivity contribution in [3.63, 3.8) is 0 Å². The molecule has 2 aromatic rings. The lowest BCUT2D eigenvalue weighted by Gasteiger charge is -2.12. The molecule has 100 valence electrons.